The number of ether oxygens (including phenoxy) is 1. The highest BCUT2D eigenvalue weighted by molar-refractivity contribution is 5.95. The van der Waals surface area contributed by atoms with E-state index in [1.54, 1.807) is 17.9 Å². The normalized spacial score (nSPS) is 14.2. The first kappa shape index (κ1) is 19.2. The fraction of sp³-hybridized carbons (Fsp3) is 0.429. The summed E-state index contributed by atoms with van der Waals surface area (Å²) in [6.45, 7) is 6.83. The number of nitrogens with zero attached hydrogens (tertiary/aromatic N) is 2. The summed E-state index contributed by atoms with van der Waals surface area (Å²) in [7, 11) is 0. The lowest BCUT2D eigenvalue weighted by atomic mass is 10.1. The summed E-state index contributed by atoms with van der Waals surface area (Å²) in [5.41, 5.74) is 1.59. The van der Waals surface area contributed by atoms with Gasteiger partial charge in [-0.15, -0.1) is 0 Å². The highest BCUT2D eigenvalue weighted by atomic mass is 16.5. The second kappa shape index (κ2) is 8.86. The molecule has 0 spiro atoms. The molecule has 2 heterocycles. The summed E-state index contributed by atoms with van der Waals surface area (Å²) in [5, 5.41) is 0. The van der Waals surface area contributed by atoms with Crippen LogP contribution in [0.2, 0.25) is 0 Å². The quantitative estimate of drug-likeness (QED) is 0.784. The smallest absolute Gasteiger partial charge is 0.257 e. The summed E-state index contributed by atoms with van der Waals surface area (Å²) in [4.78, 5) is 29.1. The van der Waals surface area contributed by atoms with Crippen molar-refractivity contribution in [3.8, 4) is 0 Å². The lowest BCUT2D eigenvalue weighted by Gasteiger charge is -2.28. The van der Waals surface area contributed by atoms with Crippen LogP contribution < -0.4 is 0 Å². The molecule has 144 valence electrons. The SMILES string of the molecule is Cc1cc(C(=O)N(CCC(=O)N2CCOCC2)Cc2ccccc2)c(C)o1. The van der Waals surface area contributed by atoms with E-state index in [9.17, 15) is 9.59 Å². The van der Waals surface area contributed by atoms with Crippen molar-refractivity contribution < 1.29 is 18.7 Å². The Labute approximate surface area is 159 Å². The highest BCUT2D eigenvalue weighted by Gasteiger charge is 2.23. The molecule has 1 aliphatic rings. The van der Waals surface area contributed by atoms with Gasteiger partial charge in [0, 0.05) is 32.6 Å². The summed E-state index contributed by atoms with van der Waals surface area (Å²) >= 11 is 0. The van der Waals surface area contributed by atoms with Crippen LogP contribution in [0, 0.1) is 13.8 Å². The number of furan rings is 1. The number of hydrogen-bond donors (Lipinski definition) is 0. The molecule has 0 aliphatic carbocycles. The molecule has 0 bridgehead atoms. The fourth-order valence-electron chi connectivity index (χ4n) is 3.27. The molecule has 1 aromatic heterocycles. The van der Waals surface area contributed by atoms with Gasteiger partial charge in [0.1, 0.15) is 11.5 Å². The minimum Gasteiger partial charge on any atom is -0.466 e. The Hall–Kier alpha value is -2.60. The van der Waals surface area contributed by atoms with Gasteiger partial charge in [-0.25, -0.2) is 0 Å². The van der Waals surface area contributed by atoms with E-state index in [0.717, 1.165) is 5.56 Å². The third kappa shape index (κ3) is 4.98. The predicted octanol–water partition coefficient (Wildman–Crippen LogP) is 2.79. The second-order valence-electron chi connectivity index (χ2n) is 6.78. The Bertz CT molecular complexity index is 779. The maximum absolute atomic E-state index is 13.1. The van der Waals surface area contributed by atoms with Crippen molar-refractivity contribution >= 4 is 11.8 Å². The summed E-state index contributed by atoms with van der Waals surface area (Å²) in [6, 6.07) is 11.6. The molecular formula is C21H26N2O4. The van der Waals surface area contributed by atoms with E-state index in [1.165, 1.54) is 0 Å². The van der Waals surface area contributed by atoms with Crippen molar-refractivity contribution in [3.63, 3.8) is 0 Å². The Morgan fingerprint density at radius 2 is 1.81 bits per heavy atom. The van der Waals surface area contributed by atoms with Crippen molar-refractivity contribution in [1.29, 1.82) is 0 Å². The number of benzene rings is 1. The van der Waals surface area contributed by atoms with Crippen LogP contribution in [0.4, 0.5) is 0 Å². The van der Waals surface area contributed by atoms with Crippen molar-refractivity contribution in [2.75, 3.05) is 32.8 Å². The molecule has 1 saturated heterocycles. The second-order valence-corrected chi connectivity index (χ2v) is 6.78. The van der Waals surface area contributed by atoms with E-state index in [1.807, 2.05) is 42.2 Å². The third-order valence-corrected chi connectivity index (χ3v) is 4.73. The van der Waals surface area contributed by atoms with E-state index in [-0.39, 0.29) is 11.8 Å². The van der Waals surface area contributed by atoms with Gasteiger partial charge in [-0.2, -0.15) is 0 Å². The zero-order valence-corrected chi connectivity index (χ0v) is 15.9. The van der Waals surface area contributed by atoms with E-state index < -0.39 is 0 Å². The van der Waals surface area contributed by atoms with Gasteiger partial charge in [0.25, 0.3) is 5.91 Å². The number of aryl methyl sites for hydroxylation is 2. The first-order valence-corrected chi connectivity index (χ1v) is 9.30. The van der Waals surface area contributed by atoms with Crippen molar-refractivity contribution in [2.24, 2.45) is 0 Å². The number of rotatable bonds is 6. The maximum atomic E-state index is 13.1. The van der Waals surface area contributed by atoms with Crippen molar-refractivity contribution in [1.82, 2.24) is 9.80 Å². The fourth-order valence-corrected chi connectivity index (χ4v) is 3.27. The molecule has 0 N–H and O–H groups in total. The van der Waals surface area contributed by atoms with Gasteiger partial charge in [-0.1, -0.05) is 30.3 Å². The Morgan fingerprint density at radius 1 is 1.11 bits per heavy atom. The zero-order chi connectivity index (χ0) is 19.2. The maximum Gasteiger partial charge on any atom is 0.257 e. The minimum atomic E-state index is -0.108. The summed E-state index contributed by atoms with van der Waals surface area (Å²) in [5.74, 6) is 1.27. The lowest BCUT2D eigenvalue weighted by Crippen LogP contribution is -2.42. The van der Waals surface area contributed by atoms with Crippen LogP contribution in [0.3, 0.4) is 0 Å². The van der Waals surface area contributed by atoms with Gasteiger partial charge >= 0.3 is 0 Å². The third-order valence-electron chi connectivity index (χ3n) is 4.73. The van der Waals surface area contributed by atoms with Crippen LogP contribution >= 0.6 is 0 Å². The van der Waals surface area contributed by atoms with Crippen molar-refractivity contribution in [2.45, 2.75) is 26.8 Å². The number of hydrogen-bond acceptors (Lipinski definition) is 4. The first-order chi connectivity index (χ1) is 13.0. The van der Waals surface area contributed by atoms with Crippen molar-refractivity contribution in [3.05, 3.63) is 59.0 Å². The Morgan fingerprint density at radius 3 is 2.44 bits per heavy atom. The molecule has 6 nitrogen and oxygen atoms in total. The monoisotopic (exact) mass is 370 g/mol. The van der Waals surface area contributed by atoms with Gasteiger partial charge < -0.3 is 19.0 Å². The van der Waals surface area contributed by atoms with E-state index in [0.29, 0.717) is 62.9 Å². The molecule has 6 heteroatoms. The molecular weight excluding hydrogens is 344 g/mol. The first-order valence-electron chi connectivity index (χ1n) is 9.30. The van der Waals surface area contributed by atoms with Crippen LogP contribution in [0.25, 0.3) is 0 Å². The van der Waals surface area contributed by atoms with Crippen LogP contribution in [0.1, 0.15) is 33.9 Å². The average Bonchev–Trinajstić information content (AvgIpc) is 3.03. The Balaban J connectivity index is 1.72. The molecule has 1 fully saturated rings. The van der Waals surface area contributed by atoms with E-state index >= 15 is 0 Å². The average molecular weight is 370 g/mol. The minimum absolute atomic E-state index is 0.0595. The van der Waals surface area contributed by atoms with Crippen LogP contribution in [0.15, 0.2) is 40.8 Å². The van der Waals surface area contributed by atoms with Gasteiger partial charge in [0.2, 0.25) is 5.91 Å². The van der Waals surface area contributed by atoms with Gasteiger partial charge in [0.15, 0.2) is 0 Å². The van der Waals surface area contributed by atoms with Gasteiger partial charge in [-0.05, 0) is 25.5 Å². The number of morpholine rings is 1. The number of carbonyl (C=O) groups excluding carboxylic acids is 2. The zero-order valence-electron chi connectivity index (χ0n) is 15.9. The lowest BCUT2D eigenvalue weighted by molar-refractivity contribution is -0.135. The van der Waals surface area contributed by atoms with E-state index in [2.05, 4.69) is 0 Å². The van der Waals surface area contributed by atoms with Crippen LogP contribution in [-0.2, 0) is 16.1 Å². The largest absolute Gasteiger partial charge is 0.466 e. The molecule has 0 saturated carbocycles. The number of carbonyl (C=O) groups is 2. The van der Waals surface area contributed by atoms with Gasteiger partial charge in [-0.3, -0.25) is 9.59 Å². The van der Waals surface area contributed by atoms with Crippen LogP contribution in [-0.4, -0.2) is 54.5 Å². The van der Waals surface area contributed by atoms with E-state index in [4.69, 9.17) is 9.15 Å². The van der Waals surface area contributed by atoms with Gasteiger partial charge in [0.05, 0.1) is 18.8 Å². The Kier molecular flexibility index (Phi) is 6.29. The molecule has 27 heavy (non-hydrogen) atoms. The summed E-state index contributed by atoms with van der Waals surface area (Å²) < 4.78 is 10.8. The molecule has 3 rings (SSSR count). The summed E-state index contributed by atoms with van der Waals surface area (Å²) in [6.07, 6.45) is 0.300. The molecule has 1 aliphatic heterocycles. The standard InChI is InChI=1S/C21H26N2O4/c1-16-14-19(17(2)27-16)21(25)23(15-18-6-4-3-5-7-18)9-8-20(24)22-10-12-26-13-11-22/h3-7,14H,8-13,15H2,1-2H3. The molecule has 0 radical (unpaired) electrons. The highest BCUT2D eigenvalue weighted by Crippen LogP contribution is 2.18. The molecule has 0 unspecified atom stereocenters. The predicted molar refractivity (Wildman–Crippen MR) is 101 cm³/mol. The molecule has 2 amide bonds. The number of amides is 2. The van der Waals surface area contributed by atoms with Crippen LogP contribution in [0.5, 0.6) is 0 Å². The molecule has 2 aromatic rings. The molecule has 1 aromatic carbocycles. The molecule has 0 atom stereocenters. The topological polar surface area (TPSA) is 63.0 Å².